The highest BCUT2D eigenvalue weighted by atomic mass is 35.5. The van der Waals surface area contributed by atoms with Gasteiger partial charge in [-0.2, -0.15) is 18.2 Å². The van der Waals surface area contributed by atoms with Crippen LogP contribution in [0.25, 0.3) is 0 Å². The number of benzene rings is 2. The van der Waals surface area contributed by atoms with Gasteiger partial charge in [0.25, 0.3) is 0 Å². The van der Waals surface area contributed by atoms with Crippen LogP contribution in [0.3, 0.4) is 0 Å². The molecule has 0 spiro atoms. The zero-order chi connectivity index (χ0) is 18.2. The molecule has 0 unspecified atom stereocenters. The molecule has 0 saturated heterocycles. The van der Waals surface area contributed by atoms with E-state index in [1.54, 1.807) is 24.3 Å². The number of hydrogen-bond acceptors (Lipinski definition) is 3. The smallest absolute Gasteiger partial charge is 0.416 e. The van der Waals surface area contributed by atoms with E-state index in [2.05, 4.69) is 5.10 Å². The Morgan fingerprint density at radius 2 is 1.80 bits per heavy atom. The Hall–Kier alpha value is -2.54. The van der Waals surface area contributed by atoms with Crippen molar-refractivity contribution in [3.63, 3.8) is 0 Å². The van der Waals surface area contributed by atoms with E-state index in [1.807, 2.05) is 0 Å². The normalized spacial score (nSPS) is 17.2. The SMILES string of the molecule is CC(=O)N1N=C(c2ccc(C(F)(F)F)cc2)O[C@@H]1c1ccccc1Cl. The van der Waals surface area contributed by atoms with Crippen LogP contribution >= 0.6 is 11.6 Å². The lowest BCUT2D eigenvalue weighted by molar-refractivity contribution is -0.137. The summed E-state index contributed by atoms with van der Waals surface area (Å²) in [4.78, 5) is 11.9. The van der Waals surface area contributed by atoms with Gasteiger partial charge in [-0.15, -0.1) is 5.10 Å². The fourth-order valence-corrected chi connectivity index (χ4v) is 2.59. The van der Waals surface area contributed by atoms with E-state index in [9.17, 15) is 18.0 Å². The number of nitrogens with zero attached hydrogens (tertiary/aromatic N) is 2. The summed E-state index contributed by atoms with van der Waals surface area (Å²) in [6, 6.07) is 11.2. The lowest BCUT2D eigenvalue weighted by Gasteiger charge is -2.20. The van der Waals surface area contributed by atoms with Crippen molar-refractivity contribution in [2.45, 2.75) is 19.3 Å². The van der Waals surface area contributed by atoms with Crippen LogP contribution in [0.1, 0.15) is 29.8 Å². The number of rotatable bonds is 2. The monoisotopic (exact) mass is 368 g/mol. The molecule has 0 bridgehead atoms. The maximum absolute atomic E-state index is 12.7. The van der Waals surface area contributed by atoms with Crippen LogP contribution < -0.4 is 0 Å². The van der Waals surface area contributed by atoms with Gasteiger partial charge < -0.3 is 4.74 Å². The van der Waals surface area contributed by atoms with Gasteiger partial charge in [0.1, 0.15) is 0 Å². The van der Waals surface area contributed by atoms with E-state index in [0.29, 0.717) is 16.1 Å². The summed E-state index contributed by atoms with van der Waals surface area (Å²) in [6.45, 7) is 1.31. The maximum atomic E-state index is 12.7. The first kappa shape index (κ1) is 17.3. The molecule has 0 fully saturated rings. The van der Waals surface area contributed by atoms with Crippen LogP contribution in [0.4, 0.5) is 13.2 Å². The van der Waals surface area contributed by atoms with Gasteiger partial charge in [0.05, 0.1) is 5.56 Å². The summed E-state index contributed by atoms with van der Waals surface area (Å²) in [5.41, 5.74) is 0.0831. The summed E-state index contributed by atoms with van der Waals surface area (Å²) < 4.78 is 43.7. The number of halogens is 4. The van der Waals surface area contributed by atoms with Crippen molar-refractivity contribution in [2.75, 3.05) is 0 Å². The molecule has 3 rings (SSSR count). The van der Waals surface area contributed by atoms with Gasteiger partial charge in [-0.05, 0) is 30.3 Å². The molecule has 0 aromatic heterocycles. The topological polar surface area (TPSA) is 41.9 Å². The van der Waals surface area contributed by atoms with Crippen LogP contribution in [0.15, 0.2) is 53.6 Å². The number of hydrogen-bond donors (Lipinski definition) is 0. The molecular weight excluding hydrogens is 357 g/mol. The third kappa shape index (κ3) is 3.46. The second-order valence-corrected chi connectivity index (χ2v) is 5.74. The van der Waals surface area contributed by atoms with Gasteiger partial charge in [0, 0.05) is 23.1 Å². The Balaban J connectivity index is 1.92. The molecule has 1 amide bonds. The second-order valence-electron chi connectivity index (χ2n) is 5.34. The minimum absolute atomic E-state index is 0.0499. The molecule has 2 aromatic carbocycles. The molecule has 25 heavy (non-hydrogen) atoms. The van der Waals surface area contributed by atoms with E-state index >= 15 is 0 Å². The van der Waals surface area contributed by atoms with Crippen LogP contribution in [0.2, 0.25) is 5.02 Å². The number of alkyl halides is 3. The summed E-state index contributed by atoms with van der Waals surface area (Å²) >= 11 is 6.15. The van der Waals surface area contributed by atoms with Crippen molar-refractivity contribution >= 4 is 23.4 Å². The molecule has 0 N–H and O–H groups in total. The summed E-state index contributed by atoms with van der Waals surface area (Å²) in [5.74, 6) is -0.333. The molecule has 4 nitrogen and oxygen atoms in total. The number of carbonyl (C=O) groups is 1. The lowest BCUT2D eigenvalue weighted by Crippen LogP contribution is -2.25. The number of ether oxygens (including phenoxy) is 1. The molecule has 0 radical (unpaired) electrons. The Bertz CT molecular complexity index is 835. The van der Waals surface area contributed by atoms with E-state index in [4.69, 9.17) is 16.3 Å². The van der Waals surface area contributed by atoms with Crippen LogP contribution in [-0.4, -0.2) is 16.8 Å². The minimum Gasteiger partial charge on any atom is -0.446 e. The predicted molar refractivity (Wildman–Crippen MR) is 85.8 cm³/mol. The predicted octanol–water partition coefficient (Wildman–Crippen LogP) is 4.60. The van der Waals surface area contributed by atoms with Gasteiger partial charge in [0.15, 0.2) is 0 Å². The summed E-state index contributed by atoms with van der Waals surface area (Å²) in [5, 5.41) is 5.58. The van der Waals surface area contributed by atoms with E-state index in [1.165, 1.54) is 19.1 Å². The molecule has 1 aliphatic heterocycles. The van der Waals surface area contributed by atoms with Gasteiger partial charge in [-0.1, -0.05) is 29.8 Å². The van der Waals surface area contributed by atoms with Crippen molar-refractivity contribution in [1.29, 1.82) is 0 Å². The first-order valence-electron chi connectivity index (χ1n) is 7.24. The first-order valence-corrected chi connectivity index (χ1v) is 7.62. The lowest BCUT2D eigenvalue weighted by atomic mass is 10.1. The molecule has 1 heterocycles. The van der Waals surface area contributed by atoms with Crippen LogP contribution in [-0.2, 0) is 15.7 Å². The molecule has 0 aliphatic carbocycles. The summed E-state index contributed by atoms with van der Waals surface area (Å²) in [7, 11) is 0. The Morgan fingerprint density at radius 3 is 2.36 bits per heavy atom. The zero-order valence-electron chi connectivity index (χ0n) is 12.9. The Labute approximate surface area is 146 Å². The molecule has 2 aromatic rings. The molecule has 0 saturated carbocycles. The highest BCUT2D eigenvalue weighted by Crippen LogP contribution is 2.35. The van der Waals surface area contributed by atoms with Crippen molar-refractivity contribution in [2.24, 2.45) is 5.10 Å². The molecular formula is C17H12ClF3N2O2. The zero-order valence-corrected chi connectivity index (χ0v) is 13.7. The number of amides is 1. The number of hydrazone groups is 1. The van der Waals surface area contributed by atoms with Crippen molar-refractivity contribution in [1.82, 2.24) is 5.01 Å². The largest absolute Gasteiger partial charge is 0.446 e. The standard InChI is InChI=1S/C17H12ClF3N2O2/c1-10(24)23-16(13-4-2-3-5-14(13)18)25-15(22-23)11-6-8-12(9-7-11)17(19,20)21/h2-9,16H,1H3/t16-/m1/s1. The molecule has 1 aliphatic rings. The third-order valence-electron chi connectivity index (χ3n) is 3.60. The van der Waals surface area contributed by atoms with Crippen molar-refractivity contribution in [3.8, 4) is 0 Å². The van der Waals surface area contributed by atoms with E-state index < -0.39 is 18.0 Å². The van der Waals surface area contributed by atoms with Crippen molar-refractivity contribution in [3.05, 3.63) is 70.2 Å². The van der Waals surface area contributed by atoms with E-state index in [-0.39, 0.29) is 11.8 Å². The van der Waals surface area contributed by atoms with Gasteiger partial charge in [-0.3, -0.25) is 4.79 Å². The fourth-order valence-electron chi connectivity index (χ4n) is 2.36. The Kier molecular flexibility index (Phi) is 4.43. The average Bonchev–Trinajstić information content (AvgIpc) is 3.00. The van der Waals surface area contributed by atoms with Crippen LogP contribution in [0.5, 0.6) is 0 Å². The van der Waals surface area contributed by atoms with E-state index in [0.717, 1.165) is 17.1 Å². The molecule has 1 atom stereocenters. The number of carbonyl (C=O) groups excluding carboxylic acids is 1. The average molecular weight is 369 g/mol. The van der Waals surface area contributed by atoms with Gasteiger partial charge in [-0.25, -0.2) is 0 Å². The second kappa shape index (κ2) is 6.40. The third-order valence-corrected chi connectivity index (χ3v) is 3.94. The molecule has 8 heteroatoms. The quantitative estimate of drug-likeness (QED) is 0.777. The van der Waals surface area contributed by atoms with Crippen LogP contribution in [0, 0.1) is 0 Å². The maximum Gasteiger partial charge on any atom is 0.416 e. The fraction of sp³-hybridized carbons (Fsp3) is 0.176. The van der Waals surface area contributed by atoms with Gasteiger partial charge in [0.2, 0.25) is 18.0 Å². The minimum atomic E-state index is -4.43. The highest BCUT2D eigenvalue weighted by molar-refractivity contribution is 6.31. The van der Waals surface area contributed by atoms with Gasteiger partial charge >= 0.3 is 6.18 Å². The summed E-state index contributed by atoms with van der Waals surface area (Å²) in [6.07, 6.45) is -5.30. The van der Waals surface area contributed by atoms with Crippen molar-refractivity contribution < 1.29 is 22.7 Å². The molecule has 130 valence electrons. The highest BCUT2D eigenvalue weighted by Gasteiger charge is 2.35. The Morgan fingerprint density at radius 1 is 1.16 bits per heavy atom. The first-order chi connectivity index (χ1) is 11.8.